The van der Waals surface area contributed by atoms with Crippen LogP contribution in [0, 0.1) is 17.8 Å². The summed E-state index contributed by atoms with van der Waals surface area (Å²) < 4.78 is 26.5. The van der Waals surface area contributed by atoms with Gasteiger partial charge in [0.05, 0.1) is 6.26 Å². The van der Waals surface area contributed by atoms with Gasteiger partial charge in [0.2, 0.25) is 10.0 Å². The van der Waals surface area contributed by atoms with E-state index >= 15 is 0 Å². The molecule has 2 bridgehead atoms. The summed E-state index contributed by atoms with van der Waals surface area (Å²) in [7, 11) is -3.20. The van der Waals surface area contributed by atoms with E-state index in [4.69, 9.17) is 0 Å². The summed E-state index contributed by atoms with van der Waals surface area (Å²) in [4.78, 5) is 2.70. The fraction of sp³-hybridized carbons (Fsp3) is 0.652. The Kier molecular flexibility index (Phi) is 4.68. The molecule has 0 aromatic heterocycles. The Morgan fingerprint density at radius 1 is 1.14 bits per heavy atom. The number of hydrogen-bond donors (Lipinski definition) is 1. The van der Waals surface area contributed by atoms with E-state index in [0.29, 0.717) is 0 Å². The van der Waals surface area contributed by atoms with Gasteiger partial charge < -0.3 is 4.90 Å². The summed E-state index contributed by atoms with van der Waals surface area (Å²) in [6.45, 7) is 3.62. The van der Waals surface area contributed by atoms with E-state index in [9.17, 15) is 8.42 Å². The van der Waals surface area contributed by atoms with Crippen LogP contribution in [-0.4, -0.2) is 39.2 Å². The molecule has 2 fully saturated rings. The molecule has 4 nitrogen and oxygen atoms in total. The number of likely N-dealkylation sites (tertiary alicyclic amines) is 1. The van der Waals surface area contributed by atoms with Crippen LogP contribution in [0.1, 0.15) is 57.1 Å². The first-order valence-electron chi connectivity index (χ1n) is 10.9. The van der Waals surface area contributed by atoms with Crippen molar-refractivity contribution in [3.05, 3.63) is 47.5 Å². The van der Waals surface area contributed by atoms with E-state index in [1.807, 2.05) is 6.07 Å². The van der Waals surface area contributed by atoms with Crippen LogP contribution in [0.3, 0.4) is 0 Å². The highest BCUT2D eigenvalue weighted by atomic mass is 32.2. The van der Waals surface area contributed by atoms with Crippen molar-refractivity contribution in [1.29, 1.82) is 0 Å². The molecule has 3 unspecified atom stereocenters. The van der Waals surface area contributed by atoms with Crippen LogP contribution in [0.15, 0.2) is 36.4 Å². The Morgan fingerprint density at radius 3 is 2.61 bits per heavy atom. The van der Waals surface area contributed by atoms with Crippen LogP contribution in [0.4, 0.5) is 0 Å². The molecule has 0 amide bonds. The van der Waals surface area contributed by atoms with Gasteiger partial charge in [-0.1, -0.05) is 36.4 Å². The fourth-order valence-electron chi connectivity index (χ4n) is 6.49. The second-order valence-corrected chi connectivity index (χ2v) is 11.5. The molecule has 1 saturated heterocycles. The molecule has 1 heterocycles. The summed E-state index contributed by atoms with van der Waals surface area (Å²) in [5.74, 6) is 2.56. The van der Waals surface area contributed by atoms with Gasteiger partial charge in [0.15, 0.2) is 0 Å². The van der Waals surface area contributed by atoms with Crippen molar-refractivity contribution in [2.75, 3.05) is 25.9 Å². The van der Waals surface area contributed by atoms with E-state index < -0.39 is 10.0 Å². The molecule has 1 N–H and O–H groups in total. The van der Waals surface area contributed by atoms with Crippen LogP contribution in [0.2, 0.25) is 0 Å². The van der Waals surface area contributed by atoms with Gasteiger partial charge >= 0.3 is 0 Å². The normalized spacial score (nSPS) is 34.0. The summed E-state index contributed by atoms with van der Waals surface area (Å²) in [6, 6.07) is 8.48. The van der Waals surface area contributed by atoms with Crippen molar-refractivity contribution in [2.45, 2.75) is 50.0 Å². The van der Waals surface area contributed by atoms with Crippen LogP contribution < -0.4 is 4.72 Å². The van der Waals surface area contributed by atoms with Crippen LogP contribution in [-0.2, 0) is 15.4 Å². The van der Waals surface area contributed by atoms with Crippen molar-refractivity contribution in [2.24, 2.45) is 17.8 Å². The summed E-state index contributed by atoms with van der Waals surface area (Å²) in [6.07, 6.45) is 13.4. The minimum absolute atomic E-state index is 0. The van der Waals surface area contributed by atoms with Crippen molar-refractivity contribution in [3.63, 3.8) is 0 Å². The van der Waals surface area contributed by atoms with Gasteiger partial charge in [-0.15, -0.1) is 0 Å². The smallest absolute Gasteiger partial charge is 0.209 e. The first-order valence-corrected chi connectivity index (χ1v) is 12.8. The highest BCUT2D eigenvalue weighted by molar-refractivity contribution is 7.88. The summed E-state index contributed by atoms with van der Waals surface area (Å²) in [5, 5.41) is 0. The van der Waals surface area contributed by atoms with Gasteiger partial charge in [0.25, 0.3) is 0 Å². The molecule has 154 valence electrons. The molecule has 28 heavy (non-hydrogen) atoms. The number of hydrogen-bond acceptors (Lipinski definition) is 3. The van der Waals surface area contributed by atoms with E-state index in [-0.39, 0.29) is 12.9 Å². The predicted molar refractivity (Wildman–Crippen MR) is 115 cm³/mol. The van der Waals surface area contributed by atoms with Crippen LogP contribution >= 0.6 is 0 Å². The SMILES string of the molecule is CS(=O)(=O)N[C@H]1CCC2(CCN(CC3CC4C=CC3C4)CC2)c2ccccc21.[HH]. The number of fused-ring (bicyclic) bond motifs is 4. The Balaban J connectivity index is 0.00000205. The first-order chi connectivity index (χ1) is 13.4. The molecule has 3 aliphatic carbocycles. The molecule has 5 heteroatoms. The monoisotopic (exact) mass is 402 g/mol. The van der Waals surface area contributed by atoms with Crippen LogP contribution in [0.25, 0.3) is 0 Å². The zero-order chi connectivity index (χ0) is 19.4. The Hall–Kier alpha value is -1.17. The minimum Gasteiger partial charge on any atom is -0.303 e. The van der Waals surface area contributed by atoms with Gasteiger partial charge in [0.1, 0.15) is 0 Å². The third-order valence-corrected chi connectivity index (χ3v) is 8.61. The number of piperidine rings is 1. The lowest BCUT2D eigenvalue weighted by atomic mass is 9.63. The van der Waals surface area contributed by atoms with Gasteiger partial charge in [-0.05, 0) is 85.9 Å². The van der Waals surface area contributed by atoms with E-state index in [1.165, 1.54) is 62.7 Å². The van der Waals surface area contributed by atoms with Crippen LogP contribution in [0.5, 0.6) is 0 Å². The molecular formula is C23H34N2O2S. The third-order valence-electron chi connectivity index (χ3n) is 7.90. The number of sulfonamides is 1. The fourth-order valence-corrected chi connectivity index (χ4v) is 7.26. The van der Waals surface area contributed by atoms with Gasteiger partial charge in [-0.25, -0.2) is 13.1 Å². The molecule has 0 radical (unpaired) electrons. The maximum Gasteiger partial charge on any atom is 0.209 e. The molecular weight excluding hydrogens is 368 g/mol. The van der Waals surface area contributed by atoms with Gasteiger partial charge in [0, 0.05) is 14.0 Å². The molecule has 1 aliphatic heterocycles. The second-order valence-electron chi connectivity index (χ2n) is 9.69. The molecule has 1 aromatic rings. The number of rotatable bonds is 4. The summed E-state index contributed by atoms with van der Waals surface area (Å²) in [5.41, 5.74) is 2.83. The largest absolute Gasteiger partial charge is 0.303 e. The van der Waals surface area contributed by atoms with Gasteiger partial charge in [-0.2, -0.15) is 0 Å². The van der Waals surface area contributed by atoms with E-state index in [2.05, 4.69) is 40.0 Å². The molecule has 4 aliphatic rings. The Bertz CT molecular complexity index is 877. The number of benzene rings is 1. The molecule has 5 rings (SSSR count). The maximum absolute atomic E-state index is 11.8. The number of nitrogens with one attached hydrogen (secondary N) is 1. The topological polar surface area (TPSA) is 49.4 Å². The average molecular weight is 403 g/mol. The molecule has 1 aromatic carbocycles. The quantitative estimate of drug-likeness (QED) is 0.778. The minimum atomic E-state index is -3.20. The van der Waals surface area contributed by atoms with Crippen molar-refractivity contribution in [3.8, 4) is 0 Å². The zero-order valence-corrected chi connectivity index (χ0v) is 17.6. The molecule has 4 atom stereocenters. The number of nitrogens with zero attached hydrogens (tertiary/aromatic N) is 1. The van der Waals surface area contributed by atoms with E-state index in [0.717, 1.165) is 30.6 Å². The highest BCUT2D eigenvalue weighted by Gasteiger charge is 2.43. The van der Waals surface area contributed by atoms with Crippen molar-refractivity contribution >= 4 is 10.0 Å². The summed E-state index contributed by atoms with van der Waals surface area (Å²) >= 11 is 0. The third kappa shape index (κ3) is 3.46. The van der Waals surface area contributed by atoms with Gasteiger partial charge in [-0.3, -0.25) is 0 Å². The predicted octanol–water partition coefficient (Wildman–Crippen LogP) is 3.86. The van der Waals surface area contributed by atoms with Crippen molar-refractivity contribution in [1.82, 2.24) is 9.62 Å². The number of allylic oxidation sites excluding steroid dienone is 2. The Labute approximate surface area is 170 Å². The second kappa shape index (κ2) is 6.96. The lowest BCUT2D eigenvalue weighted by molar-refractivity contribution is 0.119. The molecule has 1 spiro atoms. The molecule has 1 saturated carbocycles. The average Bonchev–Trinajstić information content (AvgIpc) is 3.28. The lowest BCUT2D eigenvalue weighted by Crippen LogP contribution is -2.47. The highest BCUT2D eigenvalue weighted by Crippen LogP contribution is 2.49. The van der Waals surface area contributed by atoms with E-state index in [1.54, 1.807) is 0 Å². The zero-order valence-electron chi connectivity index (χ0n) is 16.8. The lowest BCUT2D eigenvalue weighted by Gasteiger charge is -2.47. The first kappa shape index (κ1) is 18.8. The Morgan fingerprint density at radius 2 is 1.93 bits per heavy atom. The standard InChI is InChI=1S/C23H32N2O2S.H2/c1-28(26,27)24-22-8-9-23(21-5-3-2-4-20(21)22)10-12-25(13-11-23)16-19-15-17-6-7-18(19)14-17;/h2-7,17-19,22,24H,8-16H2,1H3;1H/t17?,18?,19?,22-;/m0./s1. The maximum atomic E-state index is 11.8. The van der Waals surface area contributed by atoms with Crippen molar-refractivity contribution < 1.29 is 9.84 Å².